The van der Waals surface area contributed by atoms with Crippen molar-refractivity contribution < 1.29 is 13.9 Å². The van der Waals surface area contributed by atoms with Gasteiger partial charge in [0.25, 0.3) is 0 Å². The molecular formula is C21H14O4. The van der Waals surface area contributed by atoms with E-state index >= 15 is 0 Å². The first kappa shape index (κ1) is 15.1. The van der Waals surface area contributed by atoms with Crippen LogP contribution in [0.1, 0.15) is 5.56 Å². The van der Waals surface area contributed by atoms with E-state index < -0.39 is 5.63 Å². The largest absolute Gasteiger partial charge is 0.426 e. The Hall–Kier alpha value is -3.40. The van der Waals surface area contributed by atoms with Gasteiger partial charge in [0.05, 0.1) is 6.42 Å². The van der Waals surface area contributed by atoms with E-state index in [0.717, 1.165) is 21.7 Å². The van der Waals surface area contributed by atoms with E-state index in [1.54, 1.807) is 24.3 Å². The maximum atomic E-state index is 12.3. The summed E-state index contributed by atoms with van der Waals surface area (Å²) >= 11 is 0. The molecule has 0 bridgehead atoms. The second-order valence-electron chi connectivity index (χ2n) is 5.74. The van der Waals surface area contributed by atoms with Gasteiger partial charge in [0, 0.05) is 17.5 Å². The van der Waals surface area contributed by atoms with Crippen LogP contribution >= 0.6 is 0 Å². The van der Waals surface area contributed by atoms with Crippen molar-refractivity contribution in [3.8, 4) is 5.75 Å². The molecule has 1 heterocycles. The van der Waals surface area contributed by atoms with Crippen LogP contribution in [0.4, 0.5) is 0 Å². The summed E-state index contributed by atoms with van der Waals surface area (Å²) in [6.45, 7) is 0. The van der Waals surface area contributed by atoms with Gasteiger partial charge in [0.15, 0.2) is 0 Å². The van der Waals surface area contributed by atoms with Crippen LogP contribution in [0.15, 0.2) is 82.0 Å². The molecule has 0 unspecified atom stereocenters. The number of carbonyl (C=O) groups is 1. The van der Waals surface area contributed by atoms with Gasteiger partial charge < -0.3 is 9.15 Å². The van der Waals surface area contributed by atoms with Crippen molar-refractivity contribution in [2.45, 2.75) is 6.42 Å². The minimum Gasteiger partial charge on any atom is -0.426 e. The van der Waals surface area contributed by atoms with Crippen LogP contribution in [0.5, 0.6) is 5.75 Å². The van der Waals surface area contributed by atoms with Crippen LogP contribution in [-0.4, -0.2) is 5.97 Å². The third kappa shape index (κ3) is 3.15. The topological polar surface area (TPSA) is 56.5 Å². The Bertz CT molecular complexity index is 1140. The third-order valence-electron chi connectivity index (χ3n) is 4.04. The molecule has 4 aromatic rings. The number of esters is 1. The number of fused-ring (bicyclic) bond motifs is 2. The summed E-state index contributed by atoms with van der Waals surface area (Å²) < 4.78 is 10.5. The molecule has 4 nitrogen and oxygen atoms in total. The molecule has 0 saturated carbocycles. The molecule has 0 radical (unpaired) electrons. The molecule has 3 aromatic carbocycles. The molecule has 0 saturated heterocycles. The lowest BCUT2D eigenvalue weighted by Gasteiger charge is -2.07. The minimum absolute atomic E-state index is 0.165. The van der Waals surface area contributed by atoms with Crippen LogP contribution in [0.3, 0.4) is 0 Å². The van der Waals surface area contributed by atoms with Gasteiger partial charge in [0.1, 0.15) is 11.3 Å². The average Bonchev–Trinajstić information content (AvgIpc) is 2.61. The number of hydrogen-bond acceptors (Lipinski definition) is 4. The van der Waals surface area contributed by atoms with E-state index in [4.69, 9.17) is 9.15 Å². The predicted octanol–water partition coefficient (Wildman–Crippen LogP) is 4.09. The van der Waals surface area contributed by atoms with Gasteiger partial charge in [0.2, 0.25) is 0 Å². The summed E-state index contributed by atoms with van der Waals surface area (Å²) in [5, 5.41) is 2.89. The highest BCUT2D eigenvalue weighted by molar-refractivity contribution is 5.89. The van der Waals surface area contributed by atoms with E-state index in [0.29, 0.717) is 11.3 Å². The van der Waals surface area contributed by atoms with Crippen LogP contribution < -0.4 is 10.4 Å². The minimum atomic E-state index is -0.438. The Labute approximate surface area is 143 Å². The van der Waals surface area contributed by atoms with Crippen molar-refractivity contribution in [1.82, 2.24) is 0 Å². The molecule has 4 heteroatoms. The van der Waals surface area contributed by atoms with E-state index in [1.807, 2.05) is 42.5 Å². The molecule has 0 spiro atoms. The van der Waals surface area contributed by atoms with E-state index in [2.05, 4.69) is 0 Å². The molecule has 0 atom stereocenters. The fourth-order valence-corrected chi connectivity index (χ4v) is 2.87. The molecule has 0 aliphatic heterocycles. The standard InChI is InChI=1S/C21H14O4/c22-20-11-9-15-8-10-17(13-19(15)25-20)24-21(23)12-16-6-3-5-14-4-1-2-7-18(14)16/h1-11,13H,12H2. The summed E-state index contributed by atoms with van der Waals surface area (Å²) in [6, 6.07) is 21.8. The monoisotopic (exact) mass is 330 g/mol. The highest BCUT2D eigenvalue weighted by atomic mass is 16.5. The van der Waals surface area contributed by atoms with Gasteiger partial charge in [-0.25, -0.2) is 4.79 Å². The van der Waals surface area contributed by atoms with Crippen molar-refractivity contribution >= 4 is 27.7 Å². The van der Waals surface area contributed by atoms with E-state index in [9.17, 15) is 9.59 Å². The number of benzene rings is 3. The zero-order valence-corrected chi connectivity index (χ0v) is 13.3. The van der Waals surface area contributed by atoms with Crippen LogP contribution in [0, 0.1) is 0 Å². The number of hydrogen-bond donors (Lipinski definition) is 0. The van der Waals surface area contributed by atoms with Gasteiger partial charge in [-0.1, -0.05) is 42.5 Å². The van der Waals surface area contributed by atoms with Gasteiger partial charge in [-0.15, -0.1) is 0 Å². The molecule has 0 N–H and O–H groups in total. The second-order valence-corrected chi connectivity index (χ2v) is 5.74. The molecule has 0 fully saturated rings. The zero-order valence-electron chi connectivity index (χ0n) is 13.3. The lowest BCUT2D eigenvalue weighted by Crippen LogP contribution is -2.11. The first-order chi connectivity index (χ1) is 12.2. The number of rotatable bonds is 3. The summed E-state index contributed by atoms with van der Waals surface area (Å²) in [6.07, 6.45) is 0.165. The maximum Gasteiger partial charge on any atom is 0.336 e. The Kier molecular flexibility index (Phi) is 3.78. The fraction of sp³-hybridized carbons (Fsp3) is 0.0476. The van der Waals surface area contributed by atoms with Crippen molar-refractivity contribution in [2.75, 3.05) is 0 Å². The molecule has 0 aliphatic carbocycles. The van der Waals surface area contributed by atoms with Crippen molar-refractivity contribution in [3.63, 3.8) is 0 Å². The molecule has 122 valence electrons. The molecule has 0 amide bonds. The SMILES string of the molecule is O=C(Cc1cccc2ccccc12)Oc1ccc2ccc(=O)oc2c1. The number of carbonyl (C=O) groups excluding carboxylic acids is 1. The van der Waals surface area contributed by atoms with Crippen molar-refractivity contribution in [1.29, 1.82) is 0 Å². The smallest absolute Gasteiger partial charge is 0.336 e. The van der Waals surface area contributed by atoms with Crippen molar-refractivity contribution in [3.05, 3.63) is 88.8 Å². The van der Waals surface area contributed by atoms with Gasteiger partial charge in [-0.05, 0) is 34.5 Å². The van der Waals surface area contributed by atoms with E-state index in [-0.39, 0.29) is 12.4 Å². The van der Waals surface area contributed by atoms with Crippen LogP contribution in [-0.2, 0) is 11.2 Å². The predicted molar refractivity (Wildman–Crippen MR) is 95.8 cm³/mol. The highest BCUT2D eigenvalue weighted by Gasteiger charge is 2.10. The normalized spacial score (nSPS) is 10.9. The number of ether oxygens (including phenoxy) is 1. The molecule has 0 aliphatic rings. The molecule has 4 rings (SSSR count). The fourth-order valence-electron chi connectivity index (χ4n) is 2.87. The average molecular weight is 330 g/mol. The molecular weight excluding hydrogens is 316 g/mol. The summed E-state index contributed by atoms with van der Waals surface area (Å²) in [5.74, 6) is -0.0129. The lowest BCUT2D eigenvalue weighted by atomic mass is 10.0. The highest BCUT2D eigenvalue weighted by Crippen LogP contribution is 2.22. The Morgan fingerprint density at radius 3 is 2.60 bits per heavy atom. The van der Waals surface area contributed by atoms with Crippen molar-refractivity contribution in [2.24, 2.45) is 0 Å². The zero-order chi connectivity index (χ0) is 17.2. The molecule has 25 heavy (non-hydrogen) atoms. The lowest BCUT2D eigenvalue weighted by molar-refractivity contribution is -0.133. The first-order valence-corrected chi connectivity index (χ1v) is 7.90. The van der Waals surface area contributed by atoms with Crippen LogP contribution in [0.2, 0.25) is 0 Å². The Morgan fingerprint density at radius 1 is 0.880 bits per heavy atom. The molecule has 1 aromatic heterocycles. The quantitative estimate of drug-likeness (QED) is 0.322. The summed E-state index contributed by atoms with van der Waals surface area (Å²) in [7, 11) is 0. The van der Waals surface area contributed by atoms with Gasteiger partial charge in [-0.3, -0.25) is 4.79 Å². The maximum absolute atomic E-state index is 12.3. The Balaban J connectivity index is 1.58. The van der Waals surface area contributed by atoms with Crippen LogP contribution in [0.25, 0.3) is 21.7 Å². The summed E-state index contributed by atoms with van der Waals surface area (Å²) in [4.78, 5) is 23.6. The summed E-state index contributed by atoms with van der Waals surface area (Å²) in [5.41, 5.74) is 0.866. The second kappa shape index (κ2) is 6.24. The first-order valence-electron chi connectivity index (χ1n) is 7.90. The van der Waals surface area contributed by atoms with E-state index in [1.165, 1.54) is 6.07 Å². The third-order valence-corrected chi connectivity index (χ3v) is 4.04. The Morgan fingerprint density at radius 2 is 1.68 bits per heavy atom. The van der Waals surface area contributed by atoms with Gasteiger partial charge in [-0.2, -0.15) is 0 Å². The van der Waals surface area contributed by atoms with Gasteiger partial charge >= 0.3 is 11.6 Å².